The number of hydrogen-bond donors (Lipinski definition) is 0. The molecule has 0 radical (unpaired) electrons. The van der Waals surface area contributed by atoms with Crippen molar-refractivity contribution in [3.05, 3.63) is 39.4 Å². The molecule has 0 unspecified atom stereocenters. The summed E-state index contributed by atoms with van der Waals surface area (Å²) in [5.74, 6) is -0.951. The van der Waals surface area contributed by atoms with Gasteiger partial charge in [0.15, 0.2) is 6.61 Å². The molecule has 0 bridgehead atoms. The number of carbonyl (C=O) groups excluding carboxylic acids is 2. The third kappa shape index (κ3) is 3.72. The van der Waals surface area contributed by atoms with Crippen molar-refractivity contribution < 1.29 is 19.2 Å². The van der Waals surface area contributed by atoms with Crippen LogP contribution in [0, 0.1) is 17.0 Å². The van der Waals surface area contributed by atoms with Crippen LogP contribution < -0.4 is 0 Å². The minimum atomic E-state index is -0.720. The van der Waals surface area contributed by atoms with E-state index in [2.05, 4.69) is 0 Å². The molecule has 7 nitrogen and oxygen atoms in total. The fraction of sp³-hybridized carbons (Fsp3) is 0.529. The molecule has 1 aliphatic heterocycles. The normalized spacial score (nSPS) is 20.5. The van der Waals surface area contributed by atoms with Gasteiger partial charge in [0.25, 0.3) is 11.6 Å². The molecule has 0 aliphatic carbocycles. The topological polar surface area (TPSA) is 89.8 Å². The van der Waals surface area contributed by atoms with Crippen LogP contribution in [0.2, 0.25) is 0 Å². The van der Waals surface area contributed by atoms with Crippen molar-refractivity contribution in [2.45, 2.75) is 52.1 Å². The van der Waals surface area contributed by atoms with Crippen molar-refractivity contribution in [2.75, 3.05) is 6.61 Å². The van der Waals surface area contributed by atoms with Gasteiger partial charge in [-0.1, -0.05) is 6.07 Å². The Morgan fingerprint density at radius 3 is 2.50 bits per heavy atom. The van der Waals surface area contributed by atoms with Gasteiger partial charge >= 0.3 is 5.97 Å². The summed E-state index contributed by atoms with van der Waals surface area (Å²) in [5.41, 5.74) is 0.199. The van der Waals surface area contributed by atoms with Crippen molar-refractivity contribution in [3.63, 3.8) is 0 Å². The Bertz CT molecular complexity index is 648. The number of rotatable bonds is 4. The first-order valence-electron chi connectivity index (χ1n) is 8.05. The molecule has 0 spiro atoms. The number of nitro groups is 1. The molecule has 1 heterocycles. The molecule has 130 valence electrons. The van der Waals surface area contributed by atoms with Crippen LogP contribution in [0.25, 0.3) is 0 Å². The Kier molecular flexibility index (Phi) is 5.54. The lowest BCUT2D eigenvalue weighted by Crippen LogP contribution is -2.49. The number of nitro benzene ring substituents is 1. The summed E-state index contributed by atoms with van der Waals surface area (Å²) in [6.45, 7) is 5.11. The first-order valence-corrected chi connectivity index (χ1v) is 8.05. The van der Waals surface area contributed by atoms with Gasteiger partial charge in [0.2, 0.25) is 0 Å². The first-order chi connectivity index (χ1) is 11.3. The number of esters is 1. The summed E-state index contributed by atoms with van der Waals surface area (Å²) in [5, 5.41) is 10.9. The summed E-state index contributed by atoms with van der Waals surface area (Å²) in [6, 6.07) is 4.47. The van der Waals surface area contributed by atoms with Crippen LogP contribution in [-0.4, -0.2) is 40.4 Å². The molecule has 0 aromatic heterocycles. The number of piperidine rings is 1. The maximum Gasteiger partial charge on any atom is 0.339 e. The van der Waals surface area contributed by atoms with E-state index in [0.29, 0.717) is 0 Å². The highest BCUT2D eigenvalue weighted by atomic mass is 16.6. The Morgan fingerprint density at radius 1 is 1.29 bits per heavy atom. The lowest BCUT2D eigenvalue weighted by atomic mass is 9.97. The molecule has 1 aromatic rings. The molecule has 0 saturated carbocycles. The zero-order valence-electron chi connectivity index (χ0n) is 14.2. The van der Waals surface area contributed by atoms with Crippen molar-refractivity contribution in [1.82, 2.24) is 4.90 Å². The standard InChI is InChI=1S/C17H22N2O5/c1-11-6-4-7-12(2)18(11)16(20)10-24-17(21)14-8-5-9-15(13(14)3)19(22)23/h5,8-9,11-12H,4,6-7,10H2,1-3H3/t11-,12+. The predicted molar refractivity (Wildman–Crippen MR) is 87.7 cm³/mol. The lowest BCUT2D eigenvalue weighted by Gasteiger charge is -2.38. The number of nitrogens with zero attached hydrogens (tertiary/aromatic N) is 2. The number of hydrogen-bond acceptors (Lipinski definition) is 5. The highest BCUT2D eigenvalue weighted by molar-refractivity contribution is 5.93. The van der Waals surface area contributed by atoms with Gasteiger partial charge in [-0.25, -0.2) is 4.79 Å². The summed E-state index contributed by atoms with van der Waals surface area (Å²) in [6.07, 6.45) is 2.96. The largest absolute Gasteiger partial charge is 0.452 e. The van der Waals surface area contributed by atoms with Crippen LogP contribution in [0.3, 0.4) is 0 Å². The number of carbonyl (C=O) groups is 2. The number of likely N-dealkylation sites (tertiary alicyclic amines) is 1. The van der Waals surface area contributed by atoms with Gasteiger partial charge in [-0.05, 0) is 46.1 Å². The zero-order chi connectivity index (χ0) is 17.9. The average molecular weight is 334 g/mol. The smallest absolute Gasteiger partial charge is 0.339 e. The van der Waals surface area contributed by atoms with E-state index in [1.807, 2.05) is 13.8 Å². The third-order valence-corrected chi connectivity index (χ3v) is 4.53. The Balaban J connectivity index is 2.04. The van der Waals surface area contributed by atoms with Crippen LogP contribution in [0.4, 0.5) is 5.69 Å². The van der Waals surface area contributed by atoms with E-state index in [9.17, 15) is 19.7 Å². The zero-order valence-corrected chi connectivity index (χ0v) is 14.2. The molecule has 1 aromatic carbocycles. The maximum absolute atomic E-state index is 12.4. The number of benzene rings is 1. The quantitative estimate of drug-likeness (QED) is 0.480. The van der Waals surface area contributed by atoms with Gasteiger partial charge in [-0.3, -0.25) is 14.9 Å². The van der Waals surface area contributed by atoms with Crippen molar-refractivity contribution in [1.29, 1.82) is 0 Å². The van der Waals surface area contributed by atoms with E-state index in [1.54, 1.807) is 4.90 Å². The molecular formula is C17H22N2O5. The van der Waals surface area contributed by atoms with Crippen LogP contribution in [-0.2, 0) is 9.53 Å². The number of ether oxygens (including phenoxy) is 1. The highest BCUT2D eigenvalue weighted by Gasteiger charge is 2.29. The van der Waals surface area contributed by atoms with Gasteiger partial charge in [-0.2, -0.15) is 0 Å². The van der Waals surface area contributed by atoms with Gasteiger partial charge in [0.1, 0.15) is 0 Å². The Hall–Kier alpha value is -2.44. The van der Waals surface area contributed by atoms with Gasteiger partial charge in [0, 0.05) is 23.7 Å². The van der Waals surface area contributed by atoms with Gasteiger partial charge in [-0.15, -0.1) is 0 Å². The molecular weight excluding hydrogens is 312 g/mol. The van der Waals surface area contributed by atoms with Crippen molar-refractivity contribution >= 4 is 17.6 Å². The van der Waals surface area contributed by atoms with Gasteiger partial charge < -0.3 is 9.64 Å². The molecule has 1 fully saturated rings. The molecule has 1 amide bonds. The van der Waals surface area contributed by atoms with Crippen molar-refractivity contribution in [3.8, 4) is 0 Å². The molecule has 7 heteroatoms. The van der Waals surface area contributed by atoms with E-state index in [4.69, 9.17) is 4.74 Å². The first kappa shape index (κ1) is 17.9. The molecule has 24 heavy (non-hydrogen) atoms. The second kappa shape index (κ2) is 7.42. The molecule has 0 N–H and O–H groups in total. The average Bonchev–Trinajstić information content (AvgIpc) is 2.52. The van der Waals surface area contributed by atoms with E-state index in [1.165, 1.54) is 25.1 Å². The monoisotopic (exact) mass is 334 g/mol. The SMILES string of the molecule is Cc1c(C(=O)OCC(=O)N2[C@H](C)CCC[C@@H]2C)cccc1[N+](=O)[O-]. The molecule has 1 saturated heterocycles. The predicted octanol–water partition coefficient (Wildman–Crippen LogP) is 2.85. The van der Waals surface area contributed by atoms with Crippen LogP contribution in [0.5, 0.6) is 0 Å². The third-order valence-electron chi connectivity index (χ3n) is 4.53. The summed E-state index contributed by atoms with van der Waals surface area (Å²) < 4.78 is 5.10. The van der Waals surface area contributed by atoms with E-state index >= 15 is 0 Å². The molecule has 2 rings (SSSR count). The summed E-state index contributed by atoms with van der Waals surface area (Å²) in [4.78, 5) is 36.7. The Morgan fingerprint density at radius 2 is 1.92 bits per heavy atom. The number of amides is 1. The minimum Gasteiger partial charge on any atom is -0.452 e. The molecule has 2 atom stereocenters. The van der Waals surface area contributed by atoms with E-state index in [0.717, 1.165) is 19.3 Å². The fourth-order valence-corrected chi connectivity index (χ4v) is 3.23. The van der Waals surface area contributed by atoms with Gasteiger partial charge in [0.05, 0.1) is 10.5 Å². The highest BCUT2D eigenvalue weighted by Crippen LogP contribution is 2.24. The Labute approximate surface area is 140 Å². The molecule has 1 aliphatic rings. The van der Waals surface area contributed by atoms with E-state index < -0.39 is 10.9 Å². The lowest BCUT2D eigenvalue weighted by molar-refractivity contribution is -0.385. The second-order valence-corrected chi connectivity index (χ2v) is 6.21. The fourth-order valence-electron chi connectivity index (χ4n) is 3.23. The van der Waals surface area contributed by atoms with Crippen LogP contribution >= 0.6 is 0 Å². The second-order valence-electron chi connectivity index (χ2n) is 6.21. The van der Waals surface area contributed by atoms with Crippen molar-refractivity contribution in [2.24, 2.45) is 0 Å². The van der Waals surface area contributed by atoms with Crippen LogP contribution in [0.15, 0.2) is 18.2 Å². The summed E-state index contributed by atoms with van der Waals surface area (Å²) >= 11 is 0. The summed E-state index contributed by atoms with van der Waals surface area (Å²) in [7, 11) is 0. The maximum atomic E-state index is 12.4. The minimum absolute atomic E-state index is 0.108. The van der Waals surface area contributed by atoms with Crippen LogP contribution in [0.1, 0.15) is 49.0 Å². The van der Waals surface area contributed by atoms with E-state index in [-0.39, 0.29) is 41.4 Å².